The molecule has 0 saturated carbocycles. The number of aromatic nitrogens is 1. The molecule has 0 amide bonds. The smallest absolute Gasteiger partial charge is 0.250 e. The minimum atomic E-state index is 0.0683. The molecule has 0 unspecified atom stereocenters. The minimum Gasteiger partial charge on any atom is -0.314 e. The van der Waals surface area contributed by atoms with Gasteiger partial charge in [-0.15, -0.1) is 0 Å². The summed E-state index contributed by atoms with van der Waals surface area (Å²) in [6.07, 6.45) is 1.84. The maximum absolute atomic E-state index is 11.5. The highest BCUT2D eigenvalue weighted by Gasteiger charge is 2.08. The number of hydrogen-bond acceptors (Lipinski definition) is 3. The van der Waals surface area contributed by atoms with Crippen LogP contribution in [-0.2, 0) is 6.54 Å². The highest BCUT2D eigenvalue weighted by atomic mass is 16.1. The van der Waals surface area contributed by atoms with E-state index < -0.39 is 0 Å². The van der Waals surface area contributed by atoms with Gasteiger partial charge in [0.15, 0.2) is 0 Å². The molecule has 1 heterocycles. The van der Waals surface area contributed by atoms with E-state index in [0.717, 1.165) is 26.2 Å². The first-order chi connectivity index (χ1) is 8.38. The summed E-state index contributed by atoms with van der Waals surface area (Å²) in [7, 11) is 2.08. The lowest BCUT2D eigenvalue weighted by molar-refractivity contribution is 0.297. The summed E-state index contributed by atoms with van der Waals surface area (Å²) in [6, 6.07) is 5.26. The fourth-order valence-electron chi connectivity index (χ4n) is 1.66. The van der Waals surface area contributed by atoms with Gasteiger partial charge in [0.1, 0.15) is 0 Å². The Morgan fingerprint density at radius 2 is 2.00 bits per heavy atom. The third-order valence-corrected chi connectivity index (χ3v) is 2.77. The van der Waals surface area contributed by atoms with Gasteiger partial charge in [0.05, 0.1) is 0 Å². The van der Waals surface area contributed by atoms with E-state index in [9.17, 15) is 4.79 Å². The van der Waals surface area contributed by atoms with E-state index in [-0.39, 0.29) is 11.1 Å². The Morgan fingerprint density at radius 3 is 2.61 bits per heavy atom. The summed E-state index contributed by atoms with van der Waals surface area (Å²) in [4.78, 5) is 13.7. The van der Waals surface area contributed by atoms with E-state index in [1.165, 1.54) is 0 Å². The molecule has 0 fully saturated rings. The highest BCUT2D eigenvalue weighted by Crippen LogP contribution is 1.97. The third kappa shape index (κ3) is 5.98. The largest absolute Gasteiger partial charge is 0.314 e. The maximum Gasteiger partial charge on any atom is 0.250 e. The molecule has 0 radical (unpaired) electrons. The Labute approximate surface area is 110 Å². The Bertz CT molecular complexity index is 406. The van der Waals surface area contributed by atoms with Crippen molar-refractivity contribution in [3.05, 3.63) is 34.7 Å². The molecule has 0 aliphatic carbocycles. The molecule has 0 aliphatic rings. The Kier molecular flexibility index (Phi) is 5.56. The van der Waals surface area contributed by atoms with Gasteiger partial charge in [0.2, 0.25) is 0 Å². The predicted octanol–water partition coefficient (Wildman–Crippen LogP) is 1.17. The Balaban J connectivity index is 2.27. The normalized spacial score (nSPS) is 12.1. The molecule has 0 bridgehead atoms. The third-order valence-electron chi connectivity index (χ3n) is 2.77. The Morgan fingerprint density at radius 1 is 1.28 bits per heavy atom. The van der Waals surface area contributed by atoms with Gasteiger partial charge in [0.25, 0.3) is 5.56 Å². The van der Waals surface area contributed by atoms with Crippen molar-refractivity contribution in [2.45, 2.75) is 32.9 Å². The van der Waals surface area contributed by atoms with Crippen molar-refractivity contribution in [3.63, 3.8) is 0 Å². The number of hydrogen-bond donors (Lipinski definition) is 1. The van der Waals surface area contributed by atoms with Crippen molar-refractivity contribution in [2.75, 3.05) is 26.7 Å². The first-order valence-electron chi connectivity index (χ1n) is 6.47. The summed E-state index contributed by atoms with van der Waals surface area (Å²) >= 11 is 0. The van der Waals surface area contributed by atoms with Crippen molar-refractivity contribution < 1.29 is 0 Å². The van der Waals surface area contributed by atoms with Crippen LogP contribution in [0.4, 0.5) is 0 Å². The van der Waals surface area contributed by atoms with Gasteiger partial charge in [-0.25, -0.2) is 0 Å². The highest BCUT2D eigenvalue weighted by molar-refractivity contribution is 4.93. The van der Waals surface area contributed by atoms with E-state index in [1.807, 2.05) is 12.3 Å². The van der Waals surface area contributed by atoms with Crippen molar-refractivity contribution in [1.82, 2.24) is 14.8 Å². The standard InChI is InChI=1S/C14H25N3O/c1-14(2,3)15-8-10-16(4)11-12-17-9-6-5-7-13(17)18/h5-7,9,15H,8,10-12H2,1-4H3. The SMILES string of the molecule is CN(CCNC(C)(C)C)CCn1ccccc1=O. The molecule has 0 aliphatic heterocycles. The average molecular weight is 251 g/mol. The molecular weight excluding hydrogens is 226 g/mol. The minimum absolute atomic E-state index is 0.0683. The van der Waals surface area contributed by atoms with Gasteiger partial charge in [-0.2, -0.15) is 0 Å². The molecule has 1 N–H and O–H groups in total. The van der Waals surface area contributed by atoms with Crippen LogP contribution in [-0.4, -0.2) is 41.7 Å². The van der Waals surface area contributed by atoms with Crippen LogP contribution in [0.5, 0.6) is 0 Å². The van der Waals surface area contributed by atoms with E-state index in [1.54, 1.807) is 16.7 Å². The molecular formula is C14H25N3O. The quantitative estimate of drug-likeness (QED) is 0.824. The summed E-state index contributed by atoms with van der Waals surface area (Å²) in [5.41, 5.74) is 0.232. The second-order valence-electron chi connectivity index (χ2n) is 5.71. The topological polar surface area (TPSA) is 37.3 Å². The van der Waals surface area contributed by atoms with Crippen molar-refractivity contribution >= 4 is 0 Å². The molecule has 0 aromatic carbocycles. The van der Waals surface area contributed by atoms with E-state index in [2.05, 4.69) is 38.0 Å². The zero-order chi connectivity index (χ0) is 13.6. The van der Waals surface area contributed by atoms with Crippen molar-refractivity contribution in [3.8, 4) is 0 Å². The molecule has 0 saturated heterocycles. The average Bonchev–Trinajstić information content (AvgIpc) is 2.26. The number of rotatable bonds is 6. The van der Waals surface area contributed by atoms with Gasteiger partial charge < -0.3 is 14.8 Å². The lowest BCUT2D eigenvalue weighted by Crippen LogP contribution is -2.41. The predicted molar refractivity (Wildman–Crippen MR) is 76.0 cm³/mol. The second-order valence-corrected chi connectivity index (χ2v) is 5.71. The van der Waals surface area contributed by atoms with Crippen LogP contribution in [0.3, 0.4) is 0 Å². The van der Waals surface area contributed by atoms with Gasteiger partial charge >= 0.3 is 0 Å². The number of nitrogens with one attached hydrogen (secondary N) is 1. The Hall–Kier alpha value is -1.13. The van der Waals surface area contributed by atoms with E-state index in [0.29, 0.717) is 0 Å². The lowest BCUT2D eigenvalue weighted by Gasteiger charge is -2.23. The zero-order valence-electron chi connectivity index (χ0n) is 11.9. The van der Waals surface area contributed by atoms with Gasteiger partial charge in [-0.1, -0.05) is 6.07 Å². The molecule has 1 rings (SSSR count). The van der Waals surface area contributed by atoms with Gasteiger partial charge in [0, 0.05) is 44.0 Å². The molecule has 4 nitrogen and oxygen atoms in total. The van der Waals surface area contributed by atoms with Crippen LogP contribution in [0.25, 0.3) is 0 Å². The van der Waals surface area contributed by atoms with E-state index in [4.69, 9.17) is 0 Å². The van der Waals surface area contributed by atoms with Crippen molar-refractivity contribution in [2.24, 2.45) is 0 Å². The summed E-state index contributed by atoms with van der Waals surface area (Å²) < 4.78 is 1.74. The molecule has 1 aromatic heterocycles. The van der Waals surface area contributed by atoms with E-state index >= 15 is 0 Å². The molecule has 0 atom stereocenters. The molecule has 18 heavy (non-hydrogen) atoms. The van der Waals surface area contributed by atoms with Crippen LogP contribution in [0.15, 0.2) is 29.2 Å². The summed E-state index contributed by atoms with van der Waals surface area (Å²) in [5, 5.41) is 3.45. The number of pyridine rings is 1. The van der Waals surface area contributed by atoms with Crippen LogP contribution in [0.2, 0.25) is 0 Å². The number of nitrogens with zero attached hydrogens (tertiary/aromatic N) is 2. The summed E-state index contributed by atoms with van der Waals surface area (Å²) in [5.74, 6) is 0. The second kappa shape index (κ2) is 6.71. The summed E-state index contributed by atoms with van der Waals surface area (Å²) in [6.45, 7) is 10.1. The van der Waals surface area contributed by atoms with Gasteiger partial charge in [-0.05, 0) is 33.9 Å². The number of likely N-dealkylation sites (N-methyl/N-ethyl adjacent to an activating group) is 1. The van der Waals surface area contributed by atoms with Crippen LogP contribution < -0.4 is 10.9 Å². The fourth-order valence-corrected chi connectivity index (χ4v) is 1.66. The molecule has 4 heteroatoms. The molecule has 102 valence electrons. The first-order valence-corrected chi connectivity index (χ1v) is 6.47. The molecule has 1 aromatic rings. The zero-order valence-corrected chi connectivity index (χ0v) is 11.9. The molecule has 0 spiro atoms. The fraction of sp³-hybridized carbons (Fsp3) is 0.643. The van der Waals surface area contributed by atoms with Gasteiger partial charge in [-0.3, -0.25) is 4.79 Å². The van der Waals surface area contributed by atoms with Crippen LogP contribution in [0, 0.1) is 0 Å². The van der Waals surface area contributed by atoms with Crippen LogP contribution in [0.1, 0.15) is 20.8 Å². The maximum atomic E-state index is 11.5. The monoisotopic (exact) mass is 251 g/mol. The lowest BCUT2D eigenvalue weighted by atomic mass is 10.1. The van der Waals surface area contributed by atoms with Crippen molar-refractivity contribution in [1.29, 1.82) is 0 Å². The van der Waals surface area contributed by atoms with Crippen LogP contribution >= 0.6 is 0 Å². The first kappa shape index (κ1) is 14.9.